The van der Waals surface area contributed by atoms with Gasteiger partial charge in [0.15, 0.2) is 13.1 Å². The molecule has 0 fully saturated rings. The Balaban J connectivity index is 1.83. The minimum atomic E-state index is -0.491. The van der Waals surface area contributed by atoms with E-state index in [1.807, 2.05) is 18.2 Å². The Hall–Kier alpha value is -2.25. The first-order valence-electron chi connectivity index (χ1n) is 7.36. The van der Waals surface area contributed by atoms with Crippen LogP contribution in [0.2, 0.25) is 0 Å². The molecule has 0 aliphatic heterocycles. The molecule has 2 aromatic carbocycles. The summed E-state index contributed by atoms with van der Waals surface area (Å²) in [7, 11) is 1.72. The maximum atomic E-state index is 13.5. The number of hydrogen-bond donors (Lipinski definition) is 3. The summed E-state index contributed by atoms with van der Waals surface area (Å²) < 4.78 is 14.3. The number of halogens is 2. The third kappa shape index (κ3) is 5.43. The van der Waals surface area contributed by atoms with E-state index in [1.165, 1.54) is 12.1 Å². The lowest BCUT2D eigenvalue weighted by atomic mass is 10.3. The molecule has 0 spiro atoms. The molecule has 0 radical (unpaired) electrons. The van der Waals surface area contributed by atoms with Gasteiger partial charge in [-0.1, -0.05) is 24.3 Å². The summed E-state index contributed by atoms with van der Waals surface area (Å²) in [6, 6.07) is 13.2. The molecule has 1 unspecified atom stereocenters. The van der Waals surface area contributed by atoms with Crippen LogP contribution in [0.1, 0.15) is 0 Å². The predicted molar refractivity (Wildman–Crippen MR) is 94.4 cm³/mol. The van der Waals surface area contributed by atoms with E-state index < -0.39 is 5.82 Å². The van der Waals surface area contributed by atoms with E-state index in [4.69, 9.17) is 0 Å². The molecule has 1 atom stereocenters. The molecule has 3 N–H and O–H groups in total. The number of likely N-dealkylation sites (N-methyl/N-ethyl adjacent to an activating group) is 1. The van der Waals surface area contributed by atoms with Crippen LogP contribution in [0.4, 0.5) is 15.8 Å². The maximum absolute atomic E-state index is 13.5. The van der Waals surface area contributed by atoms with Gasteiger partial charge in [-0.05, 0) is 40.2 Å². The molecule has 0 saturated heterocycles. The average molecular weight is 395 g/mol. The summed E-state index contributed by atoms with van der Waals surface area (Å²) in [5.74, 6) is -1.06. The molecule has 5 nitrogen and oxygen atoms in total. The smallest absolute Gasteiger partial charge is 0.279 e. The zero-order valence-electron chi connectivity index (χ0n) is 13.1. The monoisotopic (exact) mass is 394 g/mol. The number of amides is 2. The fourth-order valence-corrected chi connectivity index (χ4v) is 2.51. The van der Waals surface area contributed by atoms with Crippen LogP contribution in [0.5, 0.6) is 0 Å². The summed E-state index contributed by atoms with van der Waals surface area (Å²) >= 11 is 3.35. The molecule has 0 heterocycles. The van der Waals surface area contributed by atoms with Gasteiger partial charge < -0.3 is 15.5 Å². The molecule has 0 saturated carbocycles. The van der Waals surface area contributed by atoms with Crippen molar-refractivity contribution >= 4 is 39.1 Å². The maximum Gasteiger partial charge on any atom is 0.279 e. The first kappa shape index (κ1) is 18.1. The molecular weight excluding hydrogens is 377 g/mol. The lowest BCUT2D eigenvalue weighted by Gasteiger charge is -2.14. The van der Waals surface area contributed by atoms with Crippen LogP contribution in [-0.4, -0.2) is 32.0 Å². The van der Waals surface area contributed by atoms with E-state index in [0.29, 0.717) is 10.6 Å². The first-order valence-corrected chi connectivity index (χ1v) is 8.15. The van der Waals surface area contributed by atoms with Crippen molar-refractivity contribution in [1.82, 2.24) is 0 Å². The third-order valence-corrected chi connectivity index (χ3v) is 3.91. The Bertz CT molecular complexity index is 678. The number of hydrogen-bond acceptors (Lipinski definition) is 2. The van der Waals surface area contributed by atoms with Gasteiger partial charge in [0.2, 0.25) is 0 Å². The highest BCUT2D eigenvalue weighted by Crippen LogP contribution is 2.20. The van der Waals surface area contributed by atoms with Gasteiger partial charge in [0.25, 0.3) is 11.8 Å². The van der Waals surface area contributed by atoms with Crippen molar-refractivity contribution in [3.8, 4) is 0 Å². The summed E-state index contributed by atoms with van der Waals surface area (Å²) in [5.41, 5.74) is 0.805. The summed E-state index contributed by atoms with van der Waals surface area (Å²) in [4.78, 5) is 24.6. The number of benzene rings is 2. The number of carbonyl (C=O) groups excluding carboxylic acids is 2. The predicted octanol–water partition coefficient (Wildman–Crippen LogP) is 1.68. The van der Waals surface area contributed by atoms with Crippen LogP contribution in [0.25, 0.3) is 0 Å². The van der Waals surface area contributed by atoms with Crippen LogP contribution in [0.3, 0.4) is 0 Å². The largest absolute Gasteiger partial charge is 0.322 e. The van der Waals surface area contributed by atoms with Gasteiger partial charge in [-0.15, -0.1) is 0 Å². The Morgan fingerprint density at radius 2 is 1.46 bits per heavy atom. The lowest BCUT2D eigenvalue weighted by Crippen LogP contribution is -3.11. The van der Waals surface area contributed by atoms with E-state index in [9.17, 15) is 14.0 Å². The van der Waals surface area contributed by atoms with E-state index in [-0.39, 0.29) is 30.6 Å². The molecule has 2 amide bonds. The quantitative estimate of drug-likeness (QED) is 0.697. The highest BCUT2D eigenvalue weighted by molar-refractivity contribution is 9.10. The zero-order chi connectivity index (χ0) is 17.5. The number of anilines is 2. The topological polar surface area (TPSA) is 62.6 Å². The van der Waals surface area contributed by atoms with Crippen LogP contribution >= 0.6 is 15.9 Å². The molecule has 126 valence electrons. The SMILES string of the molecule is C[NH+](CC(=O)Nc1ccccc1F)CC(=O)Nc1ccccc1Br. The number of rotatable bonds is 6. The van der Waals surface area contributed by atoms with Crippen LogP contribution in [-0.2, 0) is 9.59 Å². The van der Waals surface area contributed by atoms with Gasteiger partial charge in [0.1, 0.15) is 5.82 Å². The summed E-state index contributed by atoms with van der Waals surface area (Å²) in [6.45, 7) is 0.170. The molecule has 24 heavy (non-hydrogen) atoms. The summed E-state index contributed by atoms with van der Waals surface area (Å²) in [5, 5.41) is 5.27. The van der Waals surface area contributed by atoms with Gasteiger partial charge in [0.05, 0.1) is 18.4 Å². The van der Waals surface area contributed by atoms with Gasteiger partial charge in [0, 0.05) is 4.47 Å². The standard InChI is InChI=1S/C17H17BrFN3O2/c1-22(10-16(23)20-14-8-4-2-6-12(14)18)11-17(24)21-15-9-5-3-7-13(15)19/h2-9H,10-11H2,1H3,(H,20,23)(H,21,24)/p+1. The second-order valence-electron chi connectivity index (χ2n) is 5.37. The molecule has 0 aliphatic rings. The highest BCUT2D eigenvalue weighted by atomic mass is 79.9. The Morgan fingerprint density at radius 1 is 0.958 bits per heavy atom. The van der Waals surface area contributed by atoms with Crippen molar-refractivity contribution < 1.29 is 18.9 Å². The zero-order valence-corrected chi connectivity index (χ0v) is 14.7. The first-order chi connectivity index (χ1) is 11.5. The van der Waals surface area contributed by atoms with Crippen molar-refractivity contribution in [3.63, 3.8) is 0 Å². The molecule has 7 heteroatoms. The average Bonchev–Trinajstić information content (AvgIpc) is 2.51. The fourth-order valence-electron chi connectivity index (χ4n) is 2.12. The molecule has 2 aromatic rings. The summed E-state index contributed by atoms with van der Waals surface area (Å²) in [6.07, 6.45) is 0. The normalized spacial score (nSPS) is 11.6. The minimum absolute atomic E-state index is 0.0533. The van der Waals surface area contributed by atoms with Gasteiger partial charge in [-0.2, -0.15) is 0 Å². The number of carbonyl (C=O) groups is 2. The van der Waals surface area contributed by atoms with E-state index in [2.05, 4.69) is 26.6 Å². The Labute approximate surface area is 148 Å². The van der Waals surface area contributed by atoms with E-state index >= 15 is 0 Å². The number of nitrogens with one attached hydrogen (secondary N) is 3. The second-order valence-corrected chi connectivity index (χ2v) is 6.22. The van der Waals surface area contributed by atoms with Gasteiger partial charge >= 0.3 is 0 Å². The molecule has 2 rings (SSSR count). The van der Waals surface area contributed by atoms with Crippen LogP contribution in [0, 0.1) is 5.82 Å². The van der Waals surface area contributed by atoms with Crippen molar-refractivity contribution in [3.05, 3.63) is 58.8 Å². The van der Waals surface area contributed by atoms with Gasteiger partial charge in [-0.25, -0.2) is 4.39 Å². The molecule has 0 aromatic heterocycles. The van der Waals surface area contributed by atoms with Crippen molar-refractivity contribution in [2.24, 2.45) is 0 Å². The molecule has 0 aliphatic carbocycles. The van der Waals surface area contributed by atoms with Crippen molar-refractivity contribution in [1.29, 1.82) is 0 Å². The second kappa shape index (κ2) is 8.56. The van der Waals surface area contributed by atoms with E-state index in [0.717, 1.165) is 4.47 Å². The minimum Gasteiger partial charge on any atom is -0.322 e. The third-order valence-electron chi connectivity index (χ3n) is 3.22. The number of quaternary nitrogens is 1. The van der Waals surface area contributed by atoms with Crippen molar-refractivity contribution in [2.75, 3.05) is 30.8 Å². The van der Waals surface area contributed by atoms with Gasteiger partial charge in [-0.3, -0.25) is 9.59 Å². The highest BCUT2D eigenvalue weighted by Gasteiger charge is 2.16. The van der Waals surface area contributed by atoms with E-state index in [1.54, 1.807) is 25.2 Å². The van der Waals surface area contributed by atoms with Crippen LogP contribution < -0.4 is 15.5 Å². The Kier molecular flexibility index (Phi) is 6.45. The molecule has 0 bridgehead atoms. The van der Waals surface area contributed by atoms with Crippen LogP contribution in [0.15, 0.2) is 53.0 Å². The lowest BCUT2D eigenvalue weighted by molar-refractivity contribution is -0.862. The van der Waals surface area contributed by atoms with Crippen molar-refractivity contribution in [2.45, 2.75) is 0 Å². The number of para-hydroxylation sites is 2. The molecular formula is C17H18BrFN3O2+. The fraction of sp³-hybridized carbons (Fsp3) is 0.176. The Morgan fingerprint density at radius 3 is 2.04 bits per heavy atom.